The molecule has 0 spiro atoms. The Labute approximate surface area is 200 Å². The van der Waals surface area contributed by atoms with E-state index in [1.165, 1.54) is 19.3 Å². The maximum absolute atomic E-state index is 6.43. The molecule has 2 aliphatic carbocycles. The Morgan fingerprint density at radius 2 is 1.76 bits per heavy atom. The SMILES string of the molecule is COc1ccc(N)c(Cc2nc3c(N)nc(NC4CCC(N)CC4)nc3n2C2CCCCC2)c1. The van der Waals surface area contributed by atoms with Crippen molar-refractivity contribution >= 4 is 28.6 Å². The summed E-state index contributed by atoms with van der Waals surface area (Å²) in [5.41, 5.74) is 22.0. The van der Waals surface area contributed by atoms with Crippen LogP contribution in [0.3, 0.4) is 0 Å². The van der Waals surface area contributed by atoms with Gasteiger partial charge in [-0.1, -0.05) is 19.3 Å². The third kappa shape index (κ3) is 4.61. The van der Waals surface area contributed by atoms with Crippen molar-refractivity contribution in [3.05, 3.63) is 29.6 Å². The summed E-state index contributed by atoms with van der Waals surface area (Å²) >= 11 is 0. The molecule has 0 atom stereocenters. The van der Waals surface area contributed by atoms with Gasteiger partial charge in [-0.3, -0.25) is 0 Å². The first-order valence-corrected chi connectivity index (χ1v) is 12.5. The lowest BCUT2D eigenvalue weighted by molar-refractivity contribution is 0.352. The number of nitrogens with two attached hydrogens (primary N) is 3. The van der Waals surface area contributed by atoms with Gasteiger partial charge in [0.15, 0.2) is 17.0 Å². The first-order chi connectivity index (χ1) is 16.5. The molecule has 0 radical (unpaired) electrons. The van der Waals surface area contributed by atoms with Gasteiger partial charge in [-0.05, 0) is 62.3 Å². The van der Waals surface area contributed by atoms with Crippen molar-refractivity contribution < 1.29 is 4.74 Å². The van der Waals surface area contributed by atoms with E-state index in [4.69, 9.17) is 31.9 Å². The van der Waals surface area contributed by atoms with Gasteiger partial charge in [0.2, 0.25) is 5.95 Å². The molecule has 0 amide bonds. The highest BCUT2D eigenvalue weighted by Crippen LogP contribution is 2.35. The second kappa shape index (κ2) is 9.66. The lowest BCUT2D eigenvalue weighted by Crippen LogP contribution is -2.33. The van der Waals surface area contributed by atoms with E-state index < -0.39 is 0 Å². The number of nitrogens with one attached hydrogen (secondary N) is 1. The highest BCUT2D eigenvalue weighted by atomic mass is 16.5. The Morgan fingerprint density at radius 3 is 2.50 bits per heavy atom. The number of anilines is 3. The predicted octanol–water partition coefficient (Wildman–Crippen LogP) is 3.78. The monoisotopic (exact) mass is 464 g/mol. The van der Waals surface area contributed by atoms with Crippen molar-refractivity contribution in [3.8, 4) is 5.75 Å². The first kappa shape index (κ1) is 22.7. The third-order valence-electron chi connectivity index (χ3n) is 7.38. The molecule has 2 aromatic heterocycles. The van der Waals surface area contributed by atoms with Gasteiger partial charge in [-0.15, -0.1) is 0 Å². The van der Waals surface area contributed by atoms with E-state index in [2.05, 4.69) is 14.9 Å². The number of hydrogen-bond donors (Lipinski definition) is 4. The number of ether oxygens (including phenoxy) is 1. The predicted molar refractivity (Wildman–Crippen MR) is 136 cm³/mol. The summed E-state index contributed by atoms with van der Waals surface area (Å²) in [7, 11) is 1.66. The Morgan fingerprint density at radius 1 is 1.00 bits per heavy atom. The summed E-state index contributed by atoms with van der Waals surface area (Å²) in [6.07, 6.45) is 10.6. The topological polar surface area (TPSA) is 143 Å². The van der Waals surface area contributed by atoms with Crippen LogP contribution < -0.4 is 27.3 Å². The average molecular weight is 465 g/mol. The smallest absolute Gasteiger partial charge is 0.226 e. The molecule has 2 aliphatic rings. The van der Waals surface area contributed by atoms with Crippen LogP contribution in [0.4, 0.5) is 17.5 Å². The molecule has 0 unspecified atom stereocenters. The van der Waals surface area contributed by atoms with Crippen molar-refractivity contribution in [2.24, 2.45) is 5.73 Å². The number of nitrogen functional groups attached to an aromatic ring is 2. The molecule has 0 bridgehead atoms. The fourth-order valence-corrected chi connectivity index (χ4v) is 5.43. The van der Waals surface area contributed by atoms with E-state index in [0.29, 0.717) is 41.8 Å². The normalized spacial score (nSPS) is 21.6. The van der Waals surface area contributed by atoms with Crippen molar-refractivity contribution in [2.45, 2.75) is 82.3 Å². The molecule has 2 heterocycles. The Bertz CT molecular complexity index is 1150. The molecule has 9 heteroatoms. The van der Waals surface area contributed by atoms with Crippen LogP contribution >= 0.6 is 0 Å². The molecule has 5 rings (SSSR count). The van der Waals surface area contributed by atoms with Crippen molar-refractivity contribution in [2.75, 3.05) is 23.9 Å². The summed E-state index contributed by atoms with van der Waals surface area (Å²) in [5, 5.41) is 3.51. The largest absolute Gasteiger partial charge is 0.497 e. The summed E-state index contributed by atoms with van der Waals surface area (Å²) in [6.45, 7) is 0. The molecular formula is C25H36N8O. The maximum atomic E-state index is 6.43. The van der Waals surface area contributed by atoms with E-state index in [0.717, 1.165) is 67.0 Å². The van der Waals surface area contributed by atoms with Gasteiger partial charge >= 0.3 is 0 Å². The van der Waals surface area contributed by atoms with E-state index in [1.807, 2.05) is 18.2 Å². The zero-order chi connectivity index (χ0) is 23.7. The quantitative estimate of drug-likeness (QED) is 0.404. The van der Waals surface area contributed by atoms with E-state index in [-0.39, 0.29) is 0 Å². The van der Waals surface area contributed by atoms with Crippen LogP contribution in [0.1, 0.15) is 75.2 Å². The van der Waals surface area contributed by atoms with Gasteiger partial charge in [0.05, 0.1) is 7.11 Å². The highest BCUT2D eigenvalue weighted by molar-refractivity contribution is 5.83. The average Bonchev–Trinajstić information content (AvgIpc) is 3.21. The minimum Gasteiger partial charge on any atom is -0.497 e. The number of aromatic nitrogens is 4. The molecule has 182 valence electrons. The van der Waals surface area contributed by atoms with E-state index in [9.17, 15) is 0 Å². The Balaban J connectivity index is 1.54. The van der Waals surface area contributed by atoms with Crippen LogP contribution in [0.5, 0.6) is 5.75 Å². The maximum Gasteiger partial charge on any atom is 0.226 e. The van der Waals surface area contributed by atoms with Crippen LogP contribution in [0.2, 0.25) is 0 Å². The Hall–Kier alpha value is -3.07. The second-order valence-electron chi connectivity index (χ2n) is 9.79. The minimum atomic E-state index is 0.297. The lowest BCUT2D eigenvalue weighted by atomic mass is 9.92. The zero-order valence-electron chi connectivity index (χ0n) is 20.0. The van der Waals surface area contributed by atoms with Gasteiger partial charge < -0.3 is 31.8 Å². The van der Waals surface area contributed by atoms with Crippen molar-refractivity contribution in [3.63, 3.8) is 0 Å². The summed E-state index contributed by atoms with van der Waals surface area (Å²) in [5.74, 6) is 2.69. The molecular weight excluding hydrogens is 428 g/mol. The number of rotatable bonds is 6. The summed E-state index contributed by atoms with van der Waals surface area (Å²) in [6, 6.07) is 6.70. The van der Waals surface area contributed by atoms with Crippen molar-refractivity contribution in [1.82, 2.24) is 19.5 Å². The molecule has 0 aliphatic heterocycles. The molecule has 2 saturated carbocycles. The number of imidazole rings is 1. The van der Waals surface area contributed by atoms with Crippen LogP contribution in [0.15, 0.2) is 18.2 Å². The number of nitrogens with zero attached hydrogens (tertiary/aromatic N) is 4. The summed E-state index contributed by atoms with van der Waals surface area (Å²) in [4.78, 5) is 14.5. The number of hydrogen-bond acceptors (Lipinski definition) is 8. The van der Waals surface area contributed by atoms with Crippen LogP contribution in [-0.2, 0) is 6.42 Å². The van der Waals surface area contributed by atoms with Crippen LogP contribution in [0.25, 0.3) is 11.2 Å². The Kier molecular flexibility index (Phi) is 6.45. The van der Waals surface area contributed by atoms with Gasteiger partial charge in [0.1, 0.15) is 11.6 Å². The van der Waals surface area contributed by atoms with Gasteiger partial charge in [0.25, 0.3) is 0 Å². The highest BCUT2D eigenvalue weighted by Gasteiger charge is 2.26. The summed E-state index contributed by atoms with van der Waals surface area (Å²) < 4.78 is 7.72. The second-order valence-corrected chi connectivity index (χ2v) is 9.79. The molecule has 1 aromatic carbocycles. The zero-order valence-corrected chi connectivity index (χ0v) is 20.0. The van der Waals surface area contributed by atoms with Crippen LogP contribution in [0, 0.1) is 0 Å². The number of benzene rings is 1. The molecule has 3 aromatic rings. The van der Waals surface area contributed by atoms with Gasteiger partial charge in [0, 0.05) is 30.2 Å². The third-order valence-corrected chi connectivity index (χ3v) is 7.38. The minimum absolute atomic E-state index is 0.297. The molecule has 9 nitrogen and oxygen atoms in total. The first-order valence-electron chi connectivity index (χ1n) is 12.5. The number of methoxy groups -OCH3 is 1. The molecule has 7 N–H and O–H groups in total. The van der Waals surface area contributed by atoms with E-state index in [1.54, 1.807) is 7.11 Å². The number of fused-ring (bicyclic) bond motifs is 1. The fourth-order valence-electron chi connectivity index (χ4n) is 5.43. The van der Waals surface area contributed by atoms with Crippen LogP contribution in [-0.4, -0.2) is 38.7 Å². The molecule has 2 fully saturated rings. The van der Waals surface area contributed by atoms with E-state index >= 15 is 0 Å². The van der Waals surface area contributed by atoms with Gasteiger partial charge in [-0.25, -0.2) is 4.98 Å². The fraction of sp³-hybridized carbons (Fsp3) is 0.560. The van der Waals surface area contributed by atoms with Gasteiger partial charge in [-0.2, -0.15) is 9.97 Å². The van der Waals surface area contributed by atoms with Crippen molar-refractivity contribution in [1.29, 1.82) is 0 Å². The lowest BCUT2D eigenvalue weighted by Gasteiger charge is -2.27. The molecule has 0 saturated heterocycles. The standard InChI is InChI=1S/C25H36N8O/c1-34-19-11-12-20(27)15(13-19)14-21-30-22-23(28)31-25(29-17-9-7-16(26)8-10-17)32-24(22)33(21)18-5-3-2-4-6-18/h11-13,16-18H,2-10,14,26-27H2,1H3,(H3,28,29,31,32). The molecule has 34 heavy (non-hydrogen) atoms.